The van der Waals surface area contributed by atoms with E-state index in [4.69, 9.17) is 0 Å². The Kier molecular flexibility index (Phi) is 5.85. The van der Waals surface area contributed by atoms with Crippen LogP contribution in [0.1, 0.15) is 0 Å². The minimum absolute atomic E-state index is 1.27. The molecule has 0 spiro atoms. The number of rotatable bonds is 0. The molecular formula is C58H32. The summed E-state index contributed by atoms with van der Waals surface area (Å²) in [5.74, 6) is 0. The molecule has 0 heteroatoms. The lowest BCUT2D eigenvalue weighted by molar-refractivity contribution is 1.79. The lowest BCUT2D eigenvalue weighted by Crippen LogP contribution is -1.84. The predicted octanol–water partition coefficient (Wildman–Crippen LogP) is 16.7. The molecule has 0 saturated carbocycles. The van der Waals surface area contributed by atoms with Gasteiger partial charge in [-0.3, -0.25) is 0 Å². The minimum Gasteiger partial charge on any atom is -0.0616 e. The zero-order valence-electron chi connectivity index (χ0n) is 31.5. The Balaban J connectivity index is 0.897. The van der Waals surface area contributed by atoms with E-state index in [1.165, 1.54) is 140 Å². The van der Waals surface area contributed by atoms with E-state index in [-0.39, 0.29) is 0 Å². The van der Waals surface area contributed by atoms with E-state index in [9.17, 15) is 0 Å². The predicted molar refractivity (Wildman–Crippen MR) is 254 cm³/mol. The maximum Gasteiger partial charge on any atom is -0.0171 e. The molecule has 0 atom stereocenters. The third kappa shape index (κ3) is 4.58. The highest BCUT2D eigenvalue weighted by Gasteiger charge is 2.10. The van der Waals surface area contributed by atoms with Crippen molar-refractivity contribution in [1.82, 2.24) is 0 Å². The van der Waals surface area contributed by atoms with Crippen LogP contribution in [0.4, 0.5) is 0 Å². The van der Waals surface area contributed by atoms with Crippen molar-refractivity contribution in [1.29, 1.82) is 0 Å². The fraction of sp³-hybridized carbons (Fsp3) is 0. The van der Waals surface area contributed by atoms with Gasteiger partial charge in [-0.1, -0.05) is 48.5 Å². The third-order valence-electron chi connectivity index (χ3n) is 13.1. The Labute approximate surface area is 332 Å². The first-order chi connectivity index (χ1) is 28.6. The molecule has 14 rings (SSSR count). The van der Waals surface area contributed by atoms with Gasteiger partial charge in [0.25, 0.3) is 0 Å². The maximum atomic E-state index is 2.38. The van der Waals surface area contributed by atoms with Crippen LogP contribution in [0, 0.1) is 0 Å². The zero-order valence-corrected chi connectivity index (χ0v) is 31.5. The molecule has 0 heterocycles. The van der Waals surface area contributed by atoms with E-state index in [2.05, 4.69) is 194 Å². The van der Waals surface area contributed by atoms with Crippen LogP contribution in [0.3, 0.4) is 0 Å². The molecule has 0 amide bonds. The van der Waals surface area contributed by atoms with Crippen molar-refractivity contribution in [2.45, 2.75) is 0 Å². The first kappa shape index (κ1) is 30.7. The van der Waals surface area contributed by atoms with Crippen molar-refractivity contribution < 1.29 is 0 Å². The van der Waals surface area contributed by atoms with Crippen LogP contribution in [0.25, 0.3) is 140 Å². The highest BCUT2D eigenvalue weighted by Crippen LogP contribution is 2.37. The Morgan fingerprint density at radius 3 is 0.293 bits per heavy atom. The van der Waals surface area contributed by atoms with E-state index in [1.807, 2.05) is 0 Å². The van der Waals surface area contributed by atoms with Crippen LogP contribution in [-0.2, 0) is 0 Å². The molecule has 14 aromatic carbocycles. The fourth-order valence-electron chi connectivity index (χ4n) is 10.2. The summed E-state index contributed by atoms with van der Waals surface area (Å²) in [5.41, 5.74) is 0. The van der Waals surface area contributed by atoms with Crippen LogP contribution < -0.4 is 0 Å². The summed E-state index contributed by atoms with van der Waals surface area (Å²) in [6, 6.07) is 74.1. The van der Waals surface area contributed by atoms with Gasteiger partial charge < -0.3 is 0 Å². The number of fused-ring (bicyclic) bond motifs is 13. The monoisotopic (exact) mass is 728 g/mol. The van der Waals surface area contributed by atoms with Crippen molar-refractivity contribution in [3.8, 4) is 0 Å². The second kappa shape index (κ2) is 11.1. The Morgan fingerprint density at radius 2 is 0.190 bits per heavy atom. The van der Waals surface area contributed by atoms with E-state index in [0.29, 0.717) is 0 Å². The lowest BCUT2D eigenvalue weighted by Gasteiger charge is -2.11. The van der Waals surface area contributed by atoms with Crippen molar-refractivity contribution >= 4 is 140 Å². The molecule has 0 N–H and O–H groups in total. The summed E-state index contributed by atoms with van der Waals surface area (Å²) in [5, 5.41) is 33.3. The second-order valence-electron chi connectivity index (χ2n) is 16.7. The molecule has 0 nitrogen and oxygen atoms in total. The topological polar surface area (TPSA) is 0 Å². The Hall–Kier alpha value is -7.54. The molecule has 58 heavy (non-hydrogen) atoms. The van der Waals surface area contributed by atoms with E-state index >= 15 is 0 Å². The molecule has 0 aromatic heterocycles. The van der Waals surface area contributed by atoms with Crippen molar-refractivity contribution in [2.24, 2.45) is 0 Å². The molecular weight excluding hydrogens is 697 g/mol. The molecule has 0 aliphatic carbocycles. The van der Waals surface area contributed by atoms with Crippen molar-refractivity contribution in [3.63, 3.8) is 0 Å². The van der Waals surface area contributed by atoms with Crippen LogP contribution >= 0.6 is 0 Å². The van der Waals surface area contributed by atoms with E-state index < -0.39 is 0 Å². The van der Waals surface area contributed by atoms with Crippen LogP contribution in [-0.4, -0.2) is 0 Å². The molecule has 0 fully saturated rings. The van der Waals surface area contributed by atoms with Gasteiger partial charge in [0.05, 0.1) is 0 Å². The lowest BCUT2D eigenvalue weighted by atomic mass is 9.93. The van der Waals surface area contributed by atoms with Crippen LogP contribution in [0.5, 0.6) is 0 Å². The standard InChI is InChI=1S/C58H32/c1-2-6-34-10-38-14-42-18-46-22-50-26-54-30-58-32-56-28-52-24-48-20-44-16-40-12-36-8-4-3-7-35(36)11-39(40)15-43(44)19-47(48)23-51(52)27-55(56)31-57(58)29-53(54)25-49(50)21-45(46)17-41(42)13-37(38)9-33(34)5-1/h1-32H. The second-order valence-corrected chi connectivity index (χ2v) is 16.7. The van der Waals surface area contributed by atoms with Gasteiger partial charge in [-0.05, 0) is 286 Å². The summed E-state index contributed by atoms with van der Waals surface area (Å²) in [6.07, 6.45) is 0. The van der Waals surface area contributed by atoms with Crippen molar-refractivity contribution in [2.75, 3.05) is 0 Å². The average Bonchev–Trinajstić information content (AvgIpc) is 3.23. The van der Waals surface area contributed by atoms with Gasteiger partial charge in [0.2, 0.25) is 0 Å². The summed E-state index contributed by atoms with van der Waals surface area (Å²) < 4.78 is 0. The third-order valence-corrected chi connectivity index (χ3v) is 13.1. The van der Waals surface area contributed by atoms with E-state index in [1.54, 1.807) is 0 Å². The van der Waals surface area contributed by atoms with Gasteiger partial charge in [-0.25, -0.2) is 0 Å². The van der Waals surface area contributed by atoms with Gasteiger partial charge >= 0.3 is 0 Å². The smallest absolute Gasteiger partial charge is 0.0171 e. The fourth-order valence-corrected chi connectivity index (χ4v) is 10.2. The zero-order chi connectivity index (χ0) is 37.6. The Morgan fingerprint density at radius 1 is 0.103 bits per heavy atom. The van der Waals surface area contributed by atoms with Gasteiger partial charge in [0.1, 0.15) is 0 Å². The molecule has 0 aliphatic heterocycles. The summed E-state index contributed by atoms with van der Waals surface area (Å²) in [6.45, 7) is 0. The highest BCUT2D eigenvalue weighted by atomic mass is 14.1. The van der Waals surface area contributed by atoms with Crippen LogP contribution in [0.15, 0.2) is 194 Å². The Bertz CT molecular complexity index is 3650. The van der Waals surface area contributed by atoms with Gasteiger partial charge in [-0.2, -0.15) is 0 Å². The molecule has 0 bridgehead atoms. The average molecular weight is 729 g/mol. The summed E-state index contributed by atoms with van der Waals surface area (Å²) in [4.78, 5) is 0. The summed E-state index contributed by atoms with van der Waals surface area (Å²) >= 11 is 0. The van der Waals surface area contributed by atoms with Gasteiger partial charge in [0.15, 0.2) is 0 Å². The quantitative estimate of drug-likeness (QED) is 0.136. The molecule has 0 aliphatic rings. The molecule has 0 radical (unpaired) electrons. The maximum absolute atomic E-state index is 2.38. The van der Waals surface area contributed by atoms with E-state index in [0.717, 1.165) is 0 Å². The largest absolute Gasteiger partial charge is 0.0616 e. The van der Waals surface area contributed by atoms with Crippen LogP contribution in [0.2, 0.25) is 0 Å². The molecule has 0 unspecified atom stereocenters. The molecule has 264 valence electrons. The van der Waals surface area contributed by atoms with Gasteiger partial charge in [0, 0.05) is 0 Å². The van der Waals surface area contributed by atoms with Crippen molar-refractivity contribution in [3.05, 3.63) is 194 Å². The highest BCUT2D eigenvalue weighted by molar-refractivity contribution is 6.16. The minimum atomic E-state index is 1.27. The van der Waals surface area contributed by atoms with Gasteiger partial charge in [-0.15, -0.1) is 0 Å². The number of hydrogen-bond donors (Lipinski definition) is 0. The SMILES string of the molecule is c1ccc2cc3cc4cc5cc6cc7cc8cc9cc%10cc%11cc%12cc%13cc%14ccccc%14cc%13cc%12cc%11cc%10cc9cc8cc7cc6cc5cc4cc3cc2c1. The summed E-state index contributed by atoms with van der Waals surface area (Å²) in [7, 11) is 0. The molecule has 0 saturated heterocycles. The normalized spacial score (nSPS) is 12.5. The first-order valence-electron chi connectivity index (χ1n) is 20.3. The molecule has 14 aromatic rings. The first-order valence-corrected chi connectivity index (χ1v) is 20.3. The number of hydrogen-bond acceptors (Lipinski definition) is 0. The number of benzene rings is 14.